The summed E-state index contributed by atoms with van der Waals surface area (Å²) in [5.41, 5.74) is 5.56. The fourth-order valence-corrected chi connectivity index (χ4v) is 4.82. The number of ether oxygens (including phenoxy) is 1. The van der Waals surface area contributed by atoms with Crippen molar-refractivity contribution in [2.45, 2.75) is 44.8 Å². The number of carbonyl (C=O) groups excluding carboxylic acids is 2. The number of aldehydes is 1. The Bertz CT molecular complexity index is 1300. The molecular weight excluding hydrogens is 467 g/mol. The molecule has 0 atom stereocenters. The summed E-state index contributed by atoms with van der Waals surface area (Å²) < 4.78 is 18.1. The third kappa shape index (κ3) is 4.87. The molecule has 0 saturated carbocycles. The maximum absolute atomic E-state index is 12.8. The number of aromatic nitrogens is 1. The van der Waals surface area contributed by atoms with Gasteiger partial charge in [0.2, 0.25) is 0 Å². The van der Waals surface area contributed by atoms with E-state index in [1.165, 1.54) is 11.1 Å². The second-order valence-corrected chi connectivity index (χ2v) is 10.5. The average Bonchev–Trinajstić information content (AvgIpc) is 3.52. The van der Waals surface area contributed by atoms with E-state index in [0.717, 1.165) is 23.0 Å². The number of H-pyrrole nitrogens is 1. The van der Waals surface area contributed by atoms with E-state index in [1.807, 2.05) is 58.0 Å². The van der Waals surface area contributed by atoms with Crippen molar-refractivity contribution in [3.63, 3.8) is 0 Å². The topological polar surface area (TPSA) is 89.7 Å². The maximum atomic E-state index is 12.8. The highest BCUT2D eigenvalue weighted by Gasteiger charge is 2.52. The molecule has 0 spiro atoms. The van der Waals surface area contributed by atoms with E-state index in [9.17, 15) is 9.59 Å². The molecule has 5 rings (SSSR count). The molecule has 1 aromatic heterocycles. The molecule has 37 heavy (non-hydrogen) atoms. The quantitative estimate of drug-likeness (QED) is 0.337. The molecule has 1 amide bonds. The van der Waals surface area contributed by atoms with E-state index in [2.05, 4.69) is 34.6 Å². The number of nitrogens with one attached hydrogen (secondary N) is 2. The number of hydrogen-bond acceptors (Lipinski definition) is 5. The minimum atomic E-state index is -0.659. The minimum absolute atomic E-state index is 0.0159. The van der Waals surface area contributed by atoms with Gasteiger partial charge in [-0.2, -0.15) is 0 Å². The van der Waals surface area contributed by atoms with Crippen molar-refractivity contribution in [3.05, 3.63) is 88.7 Å². The van der Waals surface area contributed by atoms with Crippen LogP contribution < -0.4 is 5.32 Å². The van der Waals surface area contributed by atoms with Crippen LogP contribution in [0, 0.1) is 0 Å². The second-order valence-electron chi connectivity index (χ2n) is 10.5. The van der Waals surface area contributed by atoms with Crippen LogP contribution >= 0.6 is 0 Å². The lowest BCUT2D eigenvalue weighted by Crippen LogP contribution is -2.41. The monoisotopic (exact) mass is 498 g/mol. The Morgan fingerprint density at radius 2 is 1.62 bits per heavy atom. The van der Waals surface area contributed by atoms with Gasteiger partial charge in [-0.3, -0.25) is 4.79 Å². The minimum Gasteiger partial charge on any atom is -0.449 e. The van der Waals surface area contributed by atoms with Crippen LogP contribution in [-0.2, 0) is 14.0 Å². The number of carbonyl (C=O) groups is 2. The van der Waals surface area contributed by atoms with Crippen LogP contribution in [0.3, 0.4) is 0 Å². The van der Waals surface area contributed by atoms with Gasteiger partial charge in [-0.05, 0) is 67.1 Å². The Morgan fingerprint density at radius 3 is 2.19 bits per heavy atom. The standard InChI is InChI=1S/C29H31BN2O5/c1-28(2)29(3,4)37-30(36-28)20(13-19-14-21(17-33)31-15-19)16-32-27(34)35-18-26-24-11-7-5-9-22(24)23-10-6-8-12-25(23)26/h5-15,17,26,31H,16,18H2,1-4H3,(H,32,34). The van der Waals surface area contributed by atoms with Gasteiger partial charge in [-0.25, -0.2) is 4.79 Å². The average molecular weight is 498 g/mol. The molecule has 2 N–H and O–H groups in total. The first-order chi connectivity index (χ1) is 17.7. The lowest BCUT2D eigenvalue weighted by molar-refractivity contribution is 0.00578. The first-order valence-corrected chi connectivity index (χ1v) is 12.5. The van der Waals surface area contributed by atoms with Crippen molar-refractivity contribution in [3.8, 4) is 11.1 Å². The number of hydrogen-bond donors (Lipinski definition) is 2. The third-order valence-corrected chi connectivity index (χ3v) is 7.54. The van der Waals surface area contributed by atoms with E-state index in [4.69, 9.17) is 14.0 Å². The Balaban J connectivity index is 1.29. The third-order valence-electron chi connectivity index (χ3n) is 7.54. The maximum Gasteiger partial charge on any atom is 0.492 e. The van der Waals surface area contributed by atoms with Gasteiger partial charge < -0.3 is 24.3 Å². The molecule has 1 fully saturated rings. The molecule has 1 aliphatic carbocycles. The molecule has 3 aromatic rings. The van der Waals surface area contributed by atoms with Gasteiger partial charge >= 0.3 is 13.2 Å². The lowest BCUT2D eigenvalue weighted by atomic mass is 9.77. The highest BCUT2D eigenvalue weighted by molar-refractivity contribution is 6.56. The predicted molar refractivity (Wildman–Crippen MR) is 143 cm³/mol. The molecule has 0 bridgehead atoms. The molecule has 1 saturated heterocycles. The number of rotatable bonds is 7. The Hall–Kier alpha value is -3.62. The van der Waals surface area contributed by atoms with Gasteiger partial charge in [0.05, 0.1) is 16.9 Å². The number of alkyl carbamates (subject to hydrolysis) is 1. The Kier molecular flexibility index (Phi) is 6.56. The van der Waals surface area contributed by atoms with Gasteiger partial charge in [-0.1, -0.05) is 54.6 Å². The number of benzene rings is 2. The smallest absolute Gasteiger partial charge is 0.449 e. The van der Waals surface area contributed by atoms with Gasteiger partial charge in [0, 0.05) is 18.7 Å². The van der Waals surface area contributed by atoms with Crippen LogP contribution in [0.4, 0.5) is 4.79 Å². The fraction of sp³-hybridized carbons (Fsp3) is 0.310. The molecule has 7 nitrogen and oxygen atoms in total. The number of fused-ring (bicyclic) bond motifs is 3. The molecule has 8 heteroatoms. The SMILES string of the molecule is CC1(C)OB(C(=Cc2c[nH]c(C=O)c2)CNC(=O)OCC2c3ccccc3-c3ccccc32)OC1(C)C. The number of aromatic amines is 1. The lowest BCUT2D eigenvalue weighted by Gasteiger charge is -2.32. The van der Waals surface area contributed by atoms with Gasteiger partial charge in [0.15, 0.2) is 6.29 Å². The molecular formula is C29H31BN2O5. The highest BCUT2D eigenvalue weighted by Crippen LogP contribution is 2.44. The fourth-order valence-electron chi connectivity index (χ4n) is 4.82. The van der Waals surface area contributed by atoms with Gasteiger partial charge in [-0.15, -0.1) is 0 Å². The van der Waals surface area contributed by atoms with Crippen LogP contribution in [0.2, 0.25) is 0 Å². The van der Waals surface area contributed by atoms with Crippen LogP contribution in [0.1, 0.15) is 60.8 Å². The van der Waals surface area contributed by atoms with Crippen LogP contribution in [0.25, 0.3) is 17.2 Å². The van der Waals surface area contributed by atoms with Crippen molar-refractivity contribution < 1.29 is 23.6 Å². The largest absolute Gasteiger partial charge is 0.492 e. The molecule has 1 aliphatic heterocycles. The highest BCUT2D eigenvalue weighted by atomic mass is 16.7. The van der Waals surface area contributed by atoms with E-state index in [-0.39, 0.29) is 19.1 Å². The summed E-state index contributed by atoms with van der Waals surface area (Å²) in [6.07, 6.45) is 3.81. The van der Waals surface area contributed by atoms with E-state index < -0.39 is 24.4 Å². The van der Waals surface area contributed by atoms with Crippen LogP contribution in [0.5, 0.6) is 0 Å². The Labute approximate surface area is 217 Å². The van der Waals surface area contributed by atoms with Crippen LogP contribution in [-0.4, -0.2) is 48.8 Å². The molecule has 0 radical (unpaired) electrons. The van der Waals surface area contributed by atoms with E-state index >= 15 is 0 Å². The zero-order valence-corrected chi connectivity index (χ0v) is 21.5. The summed E-state index contributed by atoms with van der Waals surface area (Å²) in [6.45, 7) is 8.30. The van der Waals surface area contributed by atoms with Crippen molar-refractivity contribution in [2.24, 2.45) is 0 Å². The van der Waals surface area contributed by atoms with E-state index in [1.54, 1.807) is 12.3 Å². The summed E-state index contributed by atoms with van der Waals surface area (Å²) in [5, 5.41) is 2.86. The van der Waals surface area contributed by atoms with Crippen molar-refractivity contribution >= 4 is 25.6 Å². The second kappa shape index (κ2) is 9.69. The van der Waals surface area contributed by atoms with Crippen molar-refractivity contribution in [1.29, 1.82) is 0 Å². The molecule has 2 heterocycles. The molecule has 2 aliphatic rings. The van der Waals surface area contributed by atoms with Crippen LogP contribution in [0.15, 0.2) is 66.3 Å². The first kappa shape index (κ1) is 25.1. The molecule has 190 valence electrons. The summed E-state index contributed by atoms with van der Waals surface area (Å²) in [5.74, 6) is -0.0159. The zero-order chi connectivity index (χ0) is 26.2. The zero-order valence-electron chi connectivity index (χ0n) is 21.5. The predicted octanol–water partition coefficient (Wildman–Crippen LogP) is 5.38. The van der Waals surface area contributed by atoms with Crippen molar-refractivity contribution in [1.82, 2.24) is 10.3 Å². The van der Waals surface area contributed by atoms with Gasteiger partial charge in [0.25, 0.3) is 0 Å². The summed E-state index contributed by atoms with van der Waals surface area (Å²) in [4.78, 5) is 26.8. The summed E-state index contributed by atoms with van der Waals surface area (Å²) >= 11 is 0. The summed E-state index contributed by atoms with van der Waals surface area (Å²) in [7, 11) is -0.659. The summed E-state index contributed by atoms with van der Waals surface area (Å²) in [6, 6.07) is 18.2. The van der Waals surface area contributed by atoms with E-state index in [0.29, 0.717) is 11.2 Å². The first-order valence-electron chi connectivity index (χ1n) is 12.5. The molecule has 2 aromatic carbocycles. The normalized spacial score (nSPS) is 17.8. The number of amides is 1. The Morgan fingerprint density at radius 1 is 1.03 bits per heavy atom. The van der Waals surface area contributed by atoms with Crippen molar-refractivity contribution in [2.75, 3.05) is 13.2 Å². The van der Waals surface area contributed by atoms with Gasteiger partial charge in [0.1, 0.15) is 6.61 Å². The molecule has 0 unspecified atom stereocenters.